The van der Waals surface area contributed by atoms with Crippen LogP contribution in [0.15, 0.2) is 53.4 Å². The molecule has 1 aliphatic rings. The van der Waals surface area contributed by atoms with Crippen molar-refractivity contribution >= 4 is 33.0 Å². The van der Waals surface area contributed by atoms with Crippen LogP contribution in [0.25, 0.3) is 0 Å². The molecule has 160 valence electrons. The molecule has 30 heavy (non-hydrogen) atoms. The summed E-state index contributed by atoms with van der Waals surface area (Å²) in [6.45, 7) is 3.60. The predicted octanol–water partition coefficient (Wildman–Crippen LogP) is 2.00. The molecule has 2 amide bonds. The maximum absolute atomic E-state index is 12.9. The Kier molecular flexibility index (Phi) is 6.73. The van der Waals surface area contributed by atoms with Crippen molar-refractivity contribution in [2.24, 2.45) is 0 Å². The molecule has 1 heterocycles. The molecule has 2 N–H and O–H groups in total. The first kappa shape index (κ1) is 21.8. The third-order valence-corrected chi connectivity index (χ3v) is 5.92. The molecular formula is C21H25N3O5S. The van der Waals surface area contributed by atoms with Crippen LogP contribution in [0, 0.1) is 0 Å². The minimum absolute atomic E-state index is 0.118. The van der Waals surface area contributed by atoms with Gasteiger partial charge in [0.2, 0.25) is 5.91 Å². The minimum atomic E-state index is -3.45. The van der Waals surface area contributed by atoms with Gasteiger partial charge in [0.25, 0.3) is 5.91 Å². The Morgan fingerprint density at radius 1 is 1.00 bits per heavy atom. The third kappa shape index (κ3) is 5.17. The lowest BCUT2D eigenvalue weighted by Crippen LogP contribution is -2.41. The van der Waals surface area contributed by atoms with Gasteiger partial charge in [0, 0.05) is 19.3 Å². The fourth-order valence-electron chi connectivity index (χ4n) is 3.16. The number of rotatable bonds is 6. The molecule has 0 saturated carbocycles. The molecule has 0 aromatic heterocycles. The number of anilines is 2. The van der Waals surface area contributed by atoms with E-state index in [0.29, 0.717) is 43.2 Å². The summed E-state index contributed by atoms with van der Waals surface area (Å²) < 4.78 is 29.2. The molecule has 8 nitrogen and oxygen atoms in total. The number of sulfone groups is 1. The molecule has 0 radical (unpaired) electrons. The van der Waals surface area contributed by atoms with E-state index in [1.54, 1.807) is 54.3 Å². The number of morpholine rings is 1. The zero-order valence-electron chi connectivity index (χ0n) is 16.9. The van der Waals surface area contributed by atoms with Crippen LogP contribution >= 0.6 is 0 Å². The fraction of sp³-hybridized carbons (Fsp3) is 0.333. The summed E-state index contributed by atoms with van der Waals surface area (Å²) in [5, 5.41) is 5.73. The number of carbonyl (C=O) groups excluding carboxylic acids is 2. The van der Waals surface area contributed by atoms with Gasteiger partial charge in [0.05, 0.1) is 35.0 Å². The smallest absolute Gasteiger partial charge is 0.256 e. The Bertz CT molecular complexity index is 1030. The minimum Gasteiger partial charge on any atom is -0.378 e. The van der Waals surface area contributed by atoms with Gasteiger partial charge in [-0.25, -0.2) is 8.42 Å². The number of para-hydroxylation sites is 2. The highest BCUT2D eigenvalue weighted by atomic mass is 32.2. The largest absolute Gasteiger partial charge is 0.378 e. The van der Waals surface area contributed by atoms with Crippen molar-refractivity contribution in [3.05, 3.63) is 54.1 Å². The van der Waals surface area contributed by atoms with Gasteiger partial charge in [-0.1, -0.05) is 24.3 Å². The van der Waals surface area contributed by atoms with Crippen LogP contribution in [0.3, 0.4) is 0 Å². The molecule has 1 atom stereocenters. The summed E-state index contributed by atoms with van der Waals surface area (Å²) in [4.78, 5) is 27.4. The summed E-state index contributed by atoms with van der Waals surface area (Å²) in [7, 11) is -3.45. The van der Waals surface area contributed by atoms with Gasteiger partial charge in [-0.05, 0) is 31.2 Å². The van der Waals surface area contributed by atoms with Crippen LogP contribution in [-0.2, 0) is 19.4 Å². The Morgan fingerprint density at radius 2 is 1.60 bits per heavy atom. The second-order valence-corrected chi connectivity index (χ2v) is 9.06. The first-order valence-electron chi connectivity index (χ1n) is 9.60. The number of hydrogen-bond acceptors (Lipinski definition) is 6. The number of hydrogen-bond donors (Lipinski definition) is 2. The zero-order valence-corrected chi connectivity index (χ0v) is 17.7. The zero-order chi connectivity index (χ0) is 21.7. The highest BCUT2D eigenvalue weighted by Crippen LogP contribution is 2.22. The van der Waals surface area contributed by atoms with Gasteiger partial charge in [-0.3, -0.25) is 9.59 Å². The summed E-state index contributed by atoms with van der Waals surface area (Å²) in [5.41, 5.74) is 1.15. The van der Waals surface area contributed by atoms with E-state index in [1.807, 2.05) is 0 Å². The summed E-state index contributed by atoms with van der Waals surface area (Å²) in [6, 6.07) is 12.5. The number of ether oxygens (including phenoxy) is 1. The Labute approximate surface area is 176 Å². The van der Waals surface area contributed by atoms with Crippen molar-refractivity contribution in [1.82, 2.24) is 4.90 Å². The molecule has 0 aliphatic carbocycles. The molecule has 0 bridgehead atoms. The summed E-state index contributed by atoms with van der Waals surface area (Å²) in [5.74, 6) is -0.558. The van der Waals surface area contributed by atoms with Crippen LogP contribution in [0.1, 0.15) is 17.3 Å². The molecule has 2 aromatic carbocycles. The van der Waals surface area contributed by atoms with E-state index in [9.17, 15) is 18.0 Å². The average Bonchev–Trinajstić information content (AvgIpc) is 2.74. The SMILES string of the molecule is CC(Nc1ccccc1S(C)(=O)=O)C(=O)Nc1ccccc1C(=O)N1CCOCC1. The normalized spacial score (nSPS) is 15.3. The van der Waals surface area contributed by atoms with Crippen molar-refractivity contribution < 1.29 is 22.7 Å². The van der Waals surface area contributed by atoms with E-state index in [0.717, 1.165) is 6.26 Å². The molecule has 1 saturated heterocycles. The maximum Gasteiger partial charge on any atom is 0.256 e. The highest BCUT2D eigenvalue weighted by molar-refractivity contribution is 7.90. The number of benzene rings is 2. The fourth-order valence-corrected chi connectivity index (χ4v) is 4.02. The van der Waals surface area contributed by atoms with Gasteiger partial charge < -0.3 is 20.3 Å². The van der Waals surface area contributed by atoms with E-state index in [2.05, 4.69) is 10.6 Å². The molecule has 1 aliphatic heterocycles. The Morgan fingerprint density at radius 3 is 2.27 bits per heavy atom. The lowest BCUT2D eigenvalue weighted by molar-refractivity contribution is -0.116. The van der Waals surface area contributed by atoms with E-state index in [4.69, 9.17) is 4.74 Å². The third-order valence-electron chi connectivity index (χ3n) is 4.77. The summed E-state index contributed by atoms with van der Waals surface area (Å²) in [6.07, 6.45) is 1.12. The van der Waals surface area contributed by atoms with Crippen LogP contribution in [0.4, 0.5) is 11.4 Å². The van der Waals surface area contributed by atoms with E-state index in [-0.39, 0.29) is 16.7 Å². The number of amides is 2. The van der Waals surface area contributed by atoms with Crippen LogP contribution in [0.5, 0.6) is 0 Å². The molecule has 3 rings (SSSR count). The Hall–Kier alpha value is -2.91. The Balaban J connectivity index is 1.75. The van der Waals surface area contributed by atoms with Gasteiger partial charge in [0.1, 0.15) is 6.04 Å². The molecular weight excluding hydrogens is 406 g/mol. The van der Waals surface area contributed by atoms with Crippen LogP contribution < -0.4 is 10.6 Å². The first-order chi connectivity index (χ1) is 14.3. The lowest BCUT2D eigenvalue weighted by atomic mass is 10.1. The molecule has 2 aromatic rings. The van der Waals surface area contributed by atoms with Crippen molar-refractivity contribution in [2.75, 3.05) is 43.2 Å². The first-order valence-corrected chi connectivity index (χ1v) is 11.5. The number of nitrogens with one attached hydrogen (secondary N) is 2. The second-order valence-electron chi connectivity index (χ2n) is 7.07. The summed E-state index contributed by atoms with van der Waals surface area (Å²) >= 11 is 0. The molecule has 1 unspecified atom stereocenters. The van der Waals surface area contributed by atoms with Gasteiger partial charge in [0.15, 0.2) is 9.84 Å². The van der Waals surface area contributed by atoms with E-state index < -0.39 is 15.9 Å². The topological polar surface area (TPSA) is 105 Å². The predicted molar refractivity (Wildman–Crippen MR) is 114 cm³/mol. The van der Waals surface area contributed by atoms with E-state index >= 15 is 0 Å². The number of nitrogens with zero attached hydrogens (tertiary/aromatic N) is 1. The van der Waals surface area contributed by atoms with Crippen molar-refractivity contribution in [2.45, 2.75) is 17.9 Å². The molecule has 1 fully saturated rings. The maximum atomic E-state index is 12.9. The van der Waals surface area contributed by atoms with E-state index in [1.165, 1.54) is 6.07 Å². The van der Waals surface area contributed by atoms with Crippen LogP contribution in [0.2, 0.25) is 0 Å². The molecule has 0 spiro atoms. The van der Waals surface area contributed by atoms with Crippen LogP contribution in [-0.4, -0.2) is 63.7 Å². The molecule has 9 heteroatoms. The lowest BCUT2D eigenvalue weighted by Gasteiger charge is -2.27. The highest BCUT2D eigenvalue weighted by Gasteiger charge is 2.23. The second kappa shape index (κ2) is 9.27. The monoisotopic (exact) mass is 431 g/mol. The van der Waals surface area contributed by atoms with Crippen molar-refractivity contribution in [3.63, 3.8) is 0 Å². The van der Waals surface area contributed by atoms with Gasteiger partial charge >= 0.3 is 0 Å². The number of carbonyl (C=O) groups is 2. The van der Waals surface area contributed by atoms with Gasteiger partial charge in [-0.15, -0.1) is 0 Å². The quantitative estimate of drug-likeness (QED) is 0.725. The average molecular weight is 432 g/mol. The standard InChI is InChI=1S/C21H25N3O5S/c1-15(22-18-9-5-6-10-19(18)30(2,27)28)20(25)23-17-8-4-3-7-16(17)21(26)24-11-13-29-14-12-24/h3-10,15,22H,11-14H2,1-2H3,(H,23,25). The van der Waals surface area contributed by atoms with Crippen molar-refractivity contribution in [1.29, 1.82) is 0 Å². The van der Waals surface area contributed by atoms with Crippen molar-refractivity contribution in [3.8, 4) is 0 Å². The van der Waals surface area contributed by atoms with Gasteiger partial charge in [-0.2, -0.15) is 0 Å².